The standard InChI is InChI=1S/C28H31NO5/c1-16-19(11-12-24(30)29-14-18-9-7-8-10-23(18)32-6)27(31)34-26-17(2)25-21(13-20(16)26)22(15-33-25)28(3,4)5/h7-10,13,15H,11-12,14H2,1-6H3,(H,29,30). The average molecular weight is 462 g/mol. The number of aryl methyl sites for hydroxylation is 2. The molecule has 0 aliphatic rings. The van der Waals surface area contributed by atoms with Crippen LogP contribution in [0.1, 0.15) is 55.0 Å². The Morgan fingerprint density at radius 1 is 1.06 bits per heavy atom. The van der Waals surface area contributed by atoms with Gasteiger partial charge in [0.25, 0.3) is 0 Å². The molecule has 2 aromatic carbocycles. The molecule has 34 heavy (non-hydrogen) atoms. The molecule has 6 heteroatoms. The van der Waals surface area contributed by atoms with Gasteiger partial charge in [-0.3, -0.25) is 4.79 Å². The van der Waals surface area contributed by atoms with Gasteiger partial charge in [0.05, 0.1) is 13.4 Å². The van der Waals surface area contributed by atoms with Gasteiger partial charge in [0, 0.05) is 46.0 Å². The molecule has 6 nitrogen and oxygen atoms in total. The first-order chi connectivity index (χ1) is 16.1. The lowest BCUT2D eigenvalue weighted by molar-refractivity contribution is -0.121. The number of fused-ring (bicyclic) bond motifs is 2. The molecule has 0 radical (unpaired) electrons. The maximum absolute atomic E-state index is 12.8. The molecule has 0 saturated heterocycles. The van der Waals surface area contributed by atoms with Crippen molar-refractivity contribution in [2.24, 2.45) is 0 Å². The third kappa shape index (κ3) is 4.32. The van der Waals surface area contributed by atoms with Gasteiger partial charge in [0.2, 0.25) is 5.91 Å². The van der Waals surface area contributed by atoms with Crippen molar-refractivity contribution in [1.29, 1.82) is 0 Å². The Labute approximate surface area is 198 Å². The molecule has 0 saturated carbocycles. The smallest absolute Gasteiger partial charge is 0.339 e. The Bertz CT molecular complexity index is 1440. The molecule has 0 fully saturated rings. The fourth-order valence-electron chi connectivity index (χ4n) is 4.44. The van der Waals surface area contributed by atoms with Gasteiger partial charge >= 0.3 is 5.63 Å². The minimum atomic E-state index is -0.410. The van der Waals surface area contributed by atoms with E-state index in [4.69, 9.17) is 13.6 Å². The summed E-state index contributed by atoms with van der Waals surface area (Å²) in [5, 5.41) is 4.81. The van der Waals surface area contributed by atoms with E-state index in [1.54, 1.807) is 13.4 Å². The van der Waals surface area contributed by atoms with Crippen LogP contribution >= 0.6 is 0 Å². The number of benzene rings is 2. The number of hydrogen-bond acceptors (Lipinski definition) is 5. The van der Waals surface area contributed by atoms with Crippen molar-refractivity contribution in [2.75, 3.05) is 7.11 Å². The van der Waals surface area contributed by atoms with Crippen molar-refractivity contribution in [3.05, 3.63) is 74.8 Å². The van der Waals surface area contributed by atoms with Crippen LogP contribution in [0, 0.1) is 13.8 Å². The molecule has 178 valence electrons. The molecule has 0 aliphatic carbocycles. The van der Waals surface area contributed by atoms with E-state index < -0.39 is 5.63 Å². The first-order valence-electron chi connectivity index (χ1n) is 11.5. The van der Waals surface area contributed by atoms with Gasteiger partial charge in [-0.15, -0.1) is 0 Å². The van der Waals surface area contributed by atoms with Crippen LogP contribution in [0.4, 0.5) is 0 Å². The molecule has 1 amide bonds. The van der Waals surface area contributed by atoms with E-state index >= 15 is 0 Å². The Morgan fingerprint density at radius 2 is 1.79 bits per heavy atom. The zero-order valence-corrected chi connectivity index (χ0v) is 20.6. The number of amides is 1. The van der Waals surface area contributed by atoms with Crippen molar-refractivity contribution in [2.45, 2.75) is 59.4 Å². The second-order valence-corrected chi connectivity index (χ2v) is 9.74. The lowest BCUT2D eigenvalue weighted by Gasteiger charge is -2.17. The predicted octanol–water partition coefficient (Wildman–Crippen LogP) is 5.71. The highest BCUT2D eigenvalue weighted by atomic mass is 16.5. The van der Waals surface area contributed by atoms with Crippen LogP contribution in [-0.4, -0.2) is 13.0 Å². The molecule has 4 rings (SSSR count). The van der Waals surface area contributed by atoms with Crippen LogP contribution in [0.3, 0.4) is 0 Å². The first-order valence-corrected chi connectivity index (χ1v) is 11.5. The van der Waals surface area contributed by atoms with Crippen LogP contribution in [0.25, 0.3) is 21.9 Å². The fraction of sp³-hybridized carbons (Fsp3) is 0.357. The number of furan rings is 1. The summed E-state index contributed by atoms with van der Waals surface area (Å²) in [7, 11) is 1.60. The highest BCUT2D eigenvalue weighted by molar-refractivity contribution is 6.00. The summed E-state index contributed by atoms with van der Waals surface area (Å²) in [5.41, 5.74) is 4.96. The van der Waals surface area contributed by atoms with E-state index in [-0.39, 0.29) is 17.7 Å². The van der Waals surface area contributed by atoms with Crippen LogP contribution in [-0.2, 0) is 23.2 Å². The van der Waals surface area contributed by atoms with Crippen LogP contribution in [0.15, 0.2) is 50.2 Å². The number of methoxy groups -OCH3 is 1. The van der Waals surface area contributed by atoms with Gasteiger partial charge < -0.3 is 18.9 Å². The van der Waals surface area contributed by atoms with Crippen molar-refractivity contribution in [1.82, 2.24) is 5.32 Å². The number of carbonyl (C=O) groups is 1. The second-order valence-electron chi connectivity index (χ2n) is 9.74. The number of ether oxygens (including phenoxy) is 1. The van der Waals surface area contributed by atoms with E-state index in [0.29, 0.717) is 24.1 Å². The van der Waals surface area contributed by atoms with Crippen molar-refractivity contribution in [3.63, 3.8) is 0 Å². The second kappa shape index (κ2) is 9.01. The third-order valence-corrected chi connectivity index (χ3v) is 6.42. The lowest BCUT2D eigenvalue weighted by atomic mass is 9.86. The van der Waals surface area contributed by atoms with Crippen molar-refractivity contribution in [3.8, 4) is 5.75 Å². The summed E-state index contributed by atoms with van der Waals surface area (Å²) in [5.74, 6) is 0.589. The highest BCUT2D eigenvalue weighted by Gasteiger charge is 2.23. The van der Waals surface area contributed by atoms with Crippen LogP contribution < -0.4 is 15.7 Å². The van der Waals surface area contributed by atoms with Crippen molar-refractivity contribution < 1.29 is 18.4 Å². The quantitative estimate of drug-likeness (QED) is 0.372. The zero-order chi connectivity index (χ0) is 24.6. The number of nitrogens with one attached hydrogen (secondary N) is 1. The maximum atomic E-state index is 12.8. The Hall–Kier alpha value is -3.54. The van der Waals surface area contributed by atoms with Crippen LogP contribution in [0.2, 0.25) is 0 Å². The average Bonchev–Trinajstić information content (AvgIpc) is 3.23. The summed E-state index contributed by atoms with van der Waals surface area (Å²) in [6.07, 6.45) is 2.28. The molecule has 2 heterocycles. The largest absolute Gasteiger partial charge is 0.496 e. The summed E-state index contributed by atoms with van der Waals surface area (Å²) in [4.78, 5) is 25.4. The third-order valence-electron chi connectivity index (χ3n) is 6.42. The molecule has 0 unspecified atom stereocenters. The minimum Gasteiger partial charge on any atom is -0.496 e. The number of rotatable bonds is 6. The molecule has 0 aliphatic heterocycles. The van der Waals surface area contributed by atoms with E-state index in [9.17, 15) is 9.59 Å². The normalized spacial score (nSPS) is 11.8. The molecule has 1 N–H and O–H groups in total. The van der Waals surface area contributed by atoms with E-state index in [1.165, 1.54) is 0 Å². The fourth-order valence-corrected chi connectivity index (χ4v) is 4.44. The summed E-state index contributed by atoms with van der Waals surface area (Å²) < 4.78 is 16.9. The molecule has 4 aromatic rings. The zero-order valence-electron chi connectivity index (χ0n) is 20.6. The molecular weight excluding hydrogens is 430 g/mol. The number of para-hydroxylation sites is 1. The molecule has 2 aromatic heterocycles. The summed E-state index contributed by atoms with van der Waals surface area (Å²) in [6.45, 7) is 10.6. The monoisotopic (exact) mass is 461 g/mol. The molecule has 0 spiro atoms. The van der Waals surface area contributed by atoms with E-state index in [1.807, 2.05) is 44.2 Å². The van der Waals surface area contributed by atoms with Gasteiger partial charge in [-0.25, -0.2) is 4.79 Å². The predicted molar refractivity (Wildman–Crippen MR) is 134 cm³/mol. The first kappa shape index (κ1) is 23.6. The Balaban J connectivity index is 1.61. The molecule has 0 atom stereocenters. The van der Waals surface area contributed by atoms with Gasteiger partial charge in [0.15, 0.2) is 0 Å². The van der Waals surface area contributed by atoms with Gasteiger partial charge in [-0.1, -0.05) is 39.0 Å². The SMILES string of the molecule is COc1ccccc1CNC(=O)CCc1c(C)c2cc3c(C(C)(C)C)coc3c(C)c2oc1=O. The molecule has 0 bridgehead atoms. The van der Waals surface area contributed by atoms with Gasteiger partial charge in [-0.2, -0.15) is 0 Å². The maximum Gasteiger partial charge on any atom is 0.339 e. The topological polar surface area (TPSA) is 81.7 Å². The van der Waals surface area contributed by atoms with E-state index in [0.717, 1.165) is 44.4 Å². The number of carbonyl (C=O) groups excluding carboxylic acids is 1. The molecular formula is C28H31NO5. The lowest BCUT2D eigenvalue weighted by Crippen LogP contribution is -2.24. The Morgan fingerprint density at radius 3 is 2.50 bits per heavy atom. The van der Waals surface area contributed by atoms with Gasteiger partial charge in [-0.05, 0) is 43.4 Å². The number of hydrogen-bond donors (Lipinski definition) is 1. The van der Waals surface area contributed by atoms with Crippen LogP contribution in [0.5, 0.6) is 5.75 Å². The highest BCUT2D eigenvalue weighted by Crippen LogP contribution is 2.37. The summed E-state index contributed by atoms with van der Waals surface area (Å²) >= 11 is 0. The van der Waals surface area contributed by atoms with Crippen molar-refractivity contribution >= 4 is 27.8 Å². The van der Waals surface area contributed by atoms with E-state index in [2.05, 4.69) is 26.1 Å². The van der Waals surface area contributed by atoms with Gasteiger partial charge in [0.1, 0.15) is 16.9 Å². The summed E-state index contributed by atoms with van der Waals surface area (Å²) in [6, 6.07) is 9.60. The Kier molecular flexibility index (Phi) is 6.26. The minimum absolute atomic E-state index is 0.0861.